The summed E-state index contributed by atoms with van der Waals surface area (Å²) >= 11 is 0. The number of carbonyl (C=O) groups is 2. The summed E-state index contributed by atoms with van der Waals surface area (Å²) < 4.78 is 0. The van der Waals surface area contributed by atoms with Crippen LogP contribution in [0, 0.1) is 0 Å². The molecule has 1 aliphatic rings. The molecule has 0 N–H and O–H groups in total. The van der Waals surface area contributed by atoms with Gasteiger partial charge in [0.05, 0.1) is 11.0 Å². The molecule has 0 radical (unpaired) electrons. The Balaban J connectivity index is 1.80. The molecule has 5 heteroatoms. The van der Waals surface area contributed by atoms with Gasteiger partial charge in [-0.25, -0.2) is 0 Å². The van der Waals surface area contributed by atoms with E-state index in [4.69, 9.17) is 0 Å². The average Bonchev–Trinajstić information content (AvgIpc) is 2.54. The highest BCUT2D eigenvalue weighted by Crippen LogP contribution is 2.21. The van der Waals surface area contributed by atoms with Crippen LogP contribution in [-0.2, 0) is 4.79 Å². The fourth-order valence-corrected chi connectivity index (χ4v) is 2.78. The van der Waals surface area contributed by atoms with Crippen LogP contribution in [0.4, 0.5) is 0 Å². The predicted octanol–water partition coefficient (Wildman–Crippen LogP) is 2.21. The van der Waals surface area contributed by atoms with Crippen LogP contribution in [0.2, 0.25) is 0 Å². The highest BCUT2D eigenvalue weighted by Gasteiger charge is 2.25. The van der Waals surface area contributed by atoms with E-state index in [0.717, 1.165) is 23.9 Å². The van der Waals surface area contributed by atoms with Crippen LogP contribution < -0.4 is 0 Å². The van der Waals surface area contributed by atoms with E-state index in [0.29, 0.717) is 24.2 Å². The number of nitrogens with zero attached hydrogens (tertiary/aromatic N) is 3. The van der Waals surface area contributed by atoms with Gasteiger partial charge >= 0.3 is 0 Å². The predicted molar refractivity (Wildman–Crippen MR) is 78.9 cm³/mol. The van der Waals surface area contributed by atoms with Gasteiger partial charge in [-0.3, -0.25) is 19.6 Å². The van der Waals surface area contributed by atoms with Gasteiger partial charge in [-0.2, -0.15) is 0 Å². The van der Waals surface area contributed by atoms with Crippen molar-refractivity contribution in [3.05, 3.63) is 36.2 Å². The number of hydrogen-bond donors (Lipinski definition) is 0. The number of aromatic nitrogens is 2. The second kappa shape index (κ2) is 5.60. The van der Waals surface area contributed by atoms with Crippen molar-refractivity contribution in [2.24, 2.45) is 0 Å². The molecule has 1 aromatic heterocycles. The first-order chi connectivity index (χ1) is 10.1. The normalized spacial score (nSPS) is 16.1. The maximum atomic E-state index is 12.6. The van der Waals surface area contributed by atoms with E-state index < -0.39 is 0 Å². The maximum Gasteiger partial charge on any atom is 0.253 e. The van der Waals surface area contributed by atoms with Gasteiger partial charge in [0.25, 0.3) is 5.91 Å². The summed E-state index contributed by atoms with van der Waals surface area (Å²) in [6.45, 7) is 0. The third-order valence-electron chi connectivity index (χ3n) is 4.10. The van der Waals surface area contributed by atoms with Crippen molar-refractivity contribution in [3.8, 4) is 0 Å². The summed E-state index contributed by atoms with van der Waals surface area (Å²) in [5.41, 5.74) is 2.11. The maximum absolute atomic E-state index is 12.6. The second-order valence-electron chi connectivity index (χ2n) is 5.45. The minimum absolute atomic E-state index is 0.0260. The lowest BCUT2D eigenvalue weighted by molar-refractivity contribution is -0.121. The monoisotopic (exact) mass is 283 g/mol. The van der Waals surface area contributed by atoms with Crippen molar-refractivity contribution in [1.82, 2.24) is 14.9 Å². The fourth-order valence-electron chi connectivity index (χ4n) is 2.78. The smallest absolute Gasteiger partial charge is 0.253 e. The molecule has 1 aliphatic carbocycles. The lowest BCUT2D eigenvalue weighted by Gasteiger charge is -2.30. The molecule has 5 nitrogen and oxygen atoms in total. The van der Waals surface area contributed by atoms with Crippen LogP contribution >= 0.6 is 0 Å². The second-order valence-corrected chi connectivity index (χ2v) is 5.45. The molecule has 0 spiro atoms. The molecular formula is C16H17N3O2. The van der Waals surface area contributed by atoms with E-state index in [2.05, 4.69) is 9.97 Å². The van der Waals surface area contributed by atoms with Crippen LogP contribution in [0.3, 0.4) is 0 Å². The molecule has 1 fully saturated rings. The van der Waals surface area contributed by atoms with Crippen LogP contribution in [0.15, 0.2) is 30.6 Å². The lowest BCUT2D eigenvalue weighted by atomic mass is 9.93. The van der Waals surface area contributed by atoms with E-state index in [-0.39, 0.29) is 11.9 Å². The Labute approximate surface area is 123 Å². The molecule has 2 aromatic rings. The highest BCUT2D eigenvalue weighted by atomic mass is 16.2. The van der Waals surface area contributed by atoms with Gasteiger partial charge in [0.15, 0.2) is 0 Å². The summed E-state index contributed by atoms with van der Waals surface area (Å²) in [6.07, 6.45) is 5.92. The van der Waals surface area contributed by atoms with E-state index in [1.54, 1.807) is 29.4 Å². The zero-order chi connectivity index (χ0) is 14.8. The van der Waals surface area contributed by atoms with Gasteiger partial charge in [-0.05, 0) is 31.0 Å². The van der Waals surface area contributed by atoms with E-state index in [1.807, 2.05) is 13.1 Å². The Morgan fingerprint density at radius 2 is 1.81 bits per heavy atom. The topological polar surface area (TPSA) is 63.2 Å². The third-order valence-corrected chi connectivity index (χ3v) is 4.10. The van der Waals surface area contributed by atoms with Gasteiger partial charge in [0, 0.05) is 43.9 Å². The van der Waals surface area contributed by atoms with Crippen molar-refractivity contribution in [2.45, 2.75) is 31.7 Å². The standard InChI is InChI=1S/C16H17N3O2/c1-19(12-3-5-13(20)6-4-12)16(21)11-2-7-14-15(10-11)18-9-8-17-14/h2,7-10,12H,3-6H2,1H3. The Morgan fingerprint density at radius 1 is 1.14 bits per heavy atom. The van der Waals surface area contributed by atoms with Gasteiger partial charge in [-0.15, -0.1) is 0 Å². The molecule has 1 amide bonds. The van der Waals surface area contributed by atoms with E-state index in [9.17, 15) is 9.59 Å². The molecule has 3 rings (SSSR count). The van der Waals surface area contributed by atoms with Gasteiger partial charge in [0.2, 0.25) is 0 Å². The number of benzene rings is 1. The first kappa shape index (κ1) is 13.7. The number of Topliss-reactive ketones (excluding diaryl/α,β-unsaturated/α-hetero) is 1. The minimum Gasteiger partial charge on any atom is -0.339 e. The lowest BCUT2D eigenvalue weighted by Crippen LogP contribution is -2.39. The van der Waals surface area contributed by atoms with Crippen molar-refractivity contribution in [1.29, 1.82) is 0 Å². The highest BCUT2D eigenvalue weighted by molar-refractivity contribution is 5.97. The van der Waals surface area contributed by atoms with Crippen molar-refractivity contribution < 1.29 is 9.59 Å². The zero-order valence-corrected chi connectivity index (χ0v) is 12.0. The van der Waals surface area contributed by atoms with Crippen LogP contribution in [-0.4, -0.2) is 39.6 Å². The Kier molecular flexibility index (Phi) is 3.64. The summed E-state index contributed by atoms with van der Waals surface area (Å²) in [5, 5.41) is 0. The molecule has 0 bridgehead atoms. The molecule has 0 saturated heterocycles. The molecular weight excluding hydrogens is 266 g/mol. The molecule has 0 atom stereocenters. The Hall–Kier alpha value is -2.30. The quantitative estimate of drug-likeness (QED) is 0.847. The largest absolute Gasteiger partial charge is 0.339 e. The van der Waals surface area contributed by atoms with Gasteiger partial charge in [0.1, 0.15) is 5.78 Å². The fraction of sp³-hybridized carbons (Fsp3) is 0.375. The molecule has 1 heterocycles. The molecule has 21 heavy (non-hydrogen) atoms. The molecule has 0 aliphatic heterocycles. The number of carbonyl (C=O) groups excluding carboxylic acids is 2. The molecule has 108 valence electrons. The Morgan fingerprint density at radius 3 is 2.52 bits per heavy atom. The average molecular weight is 283 g/mol. The summed E-state index contributed by atoms with van der Waals surface area (Å²) in [5.74, 6) is 0.273. The molecule has 0 unspecified atom stereocenters. The number of fused-ring (bicyclic) bond motifs is 1. The Bertz CT molecular complexity index is 689. The first-order valence-corrected chi connectivity index (χ1v) is 7.15. The van der Waals surface area contributed by atoms with Crippen molar-refractivity contribution >= 4 is 22.7 Å². The number of ketones is 1. The SMILES string of the molecule is CN(C(=O)c1ccc2nccnc2c1)C1CCC(=O)CC1. The molecule has 1 aromatic carbocycles. The van der Waals surface area contributed by atoms with Crippen molar-refractivity contribution in [2.75, 3.05) is 7.05 Å². The van der Waals surface area contributed by atoms with Crippen molar-refractivity contribution in [3.63, 3.8) is 0 Å². The van der Waals surface area contributed by atoms with Crippen LogP contribution in [0.1, 0.15) is 36.0 Å². The first-order valence-electron chi connectivity index (χ1n) is 7.15. The number of rotatable bonds is 2. The van der Waals surface area contributed by atoms with Gasteiger partial charge < -0.3 is 4.90 Å². The van der Waals surface area contributed by atoms with E-state index in [1.165, 1.54) is 0 Å². The summed E-state index contributed by atoms with van der Waals surface area (Å²) in [4.78, 5) is 34.0. The van der Waals surface area contributed by atoms with Crippen LogP contribution in [0.5, 0.6) is 0 Å². The van der Waals surface area contributed by atoms with E-state index >= 15 is 0 Å². The minimum atomic E-state index is -0.0260. The zero-order valence-electron chi connectivity index (χ0n) is 12.0. The summed E-state index contributed by atoms with van der Waals surface area (Å²) in [6, 6.07) is 5.51. The summed E-state index contributed by atoms with van der Waals surface area (Å²) in [7, 11) is 1.81. The van der Waals surface area contributed by atoms with Crippen LogP contribution in [0.25, 0.3) is 11.0 Å². The third kappa shape index (κ3) is 2.77. The van der Waals surface area contributed by atoms with Gasteiger partial charge in [-0.1, -0.05) is 0 Å². The number of amides is 1. The molecule has 1 saturated carbocycles. The number of hydrogen-bond acceptors (Lipinski definition) is 4.